The molecular formula is C15H25NOS. The smallest absolute Gasteiger partial charge is 0.103 e. The monoisotopic (exact) mass is 267 g/mol. The average Bonchev–Trinajstić information content (AvgIpc) is 2.83. The lowest BCUT2D eigenvalue weighted by atomic mass is 9.58. The number of rotatable bonds is 3. The van der Waals surface area contributed by atoms with Crippen molar-refractivity contribution in [2.75, 3.05) is 6.54 Å². The van der Waals surface area contributed by atoms with Gasteiger partial charge in [-0.3, -0.25) is 0 Å². The first-order valence-corrected chi connectivity index (χ1v) is 7.67. The number of aliphatic hydroxyl groups is 1. The molecular weight excluding hydrogens is 242 g/mol. The summed E-state index contributed by atoms with van der Waals surface area (Å²) in [5.74, 6) is 0. The summed E-state index contributed by atoms with van der Waals surface area (Å²) in [7, 11) is 0. The van der Waals surface area contributed by atoms with Crippen LogP contribution in [0.5, 0.6) is 0 Å². The van der Waals surface area contributed by atoms with Crippen molar-refractivity contribution < 1.29 is 5.11 Å². The Bertz CT molecular complexity index is 385. The molecule has 1 saturated carbocycles. The van der Waals surface area contributed by atoms with E-state index in [0.29, 0.717) is 12.0 Å². The highest BCUT2D eigenvalue weighted by molar-refractivity contribution is 7.10. The van der Waals surface area contributed by atoms with Crippen LogP contribution in [0.3, 0.4) is 0 Å². The van der Waals surface area contributed by atoms with Gasteiger partial charge in [0, 0.05) is 16.8 Å². The molecule has 0 aromatic carbocycles. The minimum atomic E-state index is -0.799. The van der Waals surface area contributed by atoms with Gasteiger partial charge in [0.15, 0.2) is 0 Å². The molecule has 1 heterocycles. The second-order valence-electron chi connectivity index (χ2n) is 6.70. The topological polar surface area (TPSA) is 46.2 Å². The van der Waals surface area contributed by atoms with Crippen molar-refractivity contribution in [1.82, 2.24) is 0 Å². The lowest BCUT2D eigenvalue weighted by Crippen LogP contribution is -2.51. The zero-order valence-electron chi connectivity index (χ0n) is 11.7. The van der Waals surface area contributed by atoms with E-state index in [1.165, 1.54) is 0 Å². The Kier molecular flexibility index (Phi) is 3.60. The molecule has 3 N–H and O–H groups in total. The van der Waals surface area contributed by atoms with Crippen molar-refractivity contribution in [2.45, 2.75) is 52.1 Å². The van der Waals surface area contributed by atoms with Crippen LogP contribution in [-0.4, -0.2) is 11.7 Å². The van der Waals surface area contributed by atoms with Crippen LogP contribution in [0, 0.1) is 10.8 Å². The maximum absolute atomic E-state index is 11.1. The molecule has 1 aliphatic rings. The first-order valence-electron chi connectivity index (χ1n) is 6.79. The summed E-state index contributed by atoms with van der Waals surface area (Å²) in [5.41, 5.74) is 5.50. The number of hydrogen-bond donors (Lipinski definition) is 2. The molecule has 1 unspecified atom stereocenters. The molecule has 0 saturated heterocycles. The molecule has 102 valence electrons. The number of hydrogen-bond acceptors (Lipinski definition) is 3. The van der Waals surface area contributed by atoms with Gasteiger partial charge in [0.25, 0.3) is 0 Å². The Morgan fingerprint density at radius 2 is 1.94 bits per heavy atom. The lowest BCUT2D eigenvalue weighted by Gasteiger charge is -2.50. The van der Waals surface area contributed by atoms with Gasteiger partial charge in [-0.2, -0.15) is 0 Å². The highest BCUT2D eigenvalue weighted by atomic mass is 32.1. The fourth-order valence-corrected chi connectivity index (χ4v) is 4.02. The average molecular weight is 267 g/mol. The van der Waals surface area contributed by atoms with Gasteiger partial charge in [0.1, 0.15) is 5.60 Å². The third-order valence-electron chi connectivity index (χ3n) is 4.99. The molecule has 3 heteroatoms. The van der Waals surface area contributed by atoms with Crippen LogP contribution >= 0.6 is 11.3 Å². The zero-order valence-corrected chi connectivity index (χ0v) is 12.5. The molecule has 1 aromatic heterocycles. The van der Waals surface area contributed by atoms with E-state index in [4.69, 9.17) is 5.73 Å². The third-order valence-corrected chi connectivity index (χ3v) is 6.07. The molecule has 1 aromatic rings. The highest BCUT2D eigenvalue weighted by Gasteiger charge is 2.50. The van der Waals surface area contributed by atoms with E-state index in [1.54, 1.807) is 11.3 Å². The van der Waals surface area contributed by atoms with Gasteiger partial charge < -0.3 is 10.8 Å². The number of nitrogens with two attached hydrogens (primary N) is 1. The van der Waals surface area contributed by atoms with Crippen LogP contribution in [0.25, 0.3) is 0 Å². The Hall–Kier alpha value is -0.380. The minimum absolute atomic E-state index is 0.159. The molecule has 2 rings (SSSR count). The van der Waals surface area contributed by atoms with Crippen molar-refractivity contribution in [2.24, 2.45) is 16.6 Å². The largest absolute Gasteiger partial charge is 0.384 e. The van der Waals surface area contributed by atoms with E-state index in [2.05, 4.69) is 13.8 Å². The van der Waals surface area contributed by atoms with E-state index in [1.807, 2.05) is 24.4 Å². The Labute approximate surface area is 114 Å². The maximum Gasteiger partial charge on any atom is 0.103 e. The summed E-state index contributed by atoms with van der Waals surface area (Å²) in [6, 6.07) is 4.03. The standard InChI is InChI=1S/C15H25NOS/c1-13(2)6-8-15(11-16,9-7-13)14(3,17)12-5-4-10-18-12/h4-5,10,17H,6-9,11,16H2,1-3H3. The second-order valence-corrected chi connectivity index (χ2v) is 7.65. The van der Waals surface area contributed by atoms with Crippen molar-refractivity contribution >= 4 is 11.3 Å². The molecule has 0 radical (unpaired) electrons. The Balaban J connectivity index is 2.28. The highest BCUT2D eigenvalue weighted by Crippen LogP contribution is 2.54. The van der Waals surface area contributed by atoms with Gasteiger partial charge in [0.05, 0.1) is 0 Å². The van der Waals surface area contributed by atoms with E-state index in [-0.39, 0.29) is 5.41 Å². The SMILES string of the molecule is CC1(C)CCC(CN)(C(C)(O)c2cccs2)CC1. The molecule has 1 atom stereocenters. The molecule has 0 aliphatic heterocycles. The van der Waals surface area contributed by atoms with Gasteiger partial charge in [-0.15, -0.1) is 11.3 Å². The molecule has 0 bridgehead atoms. The van der Waals surface area contributed by atoms with Crippen molar-refractivity contribution in [3.63, 3.8) is 0 Å². The predicted molar refractivity (Wildman–Crippen MR) is 77.6 cm³/mol. The minimum Gasteiger partial charge on any atom is -0.384 e. The molecule has 1 fully saturated rings. The lowest BCUT2D eigenvalue weighted by molar-refractivity contribution is -0.103. The van der Waals surface area contributed by atoms with Crippen molar-refractivity contribution in [1.29, 1.82) is 0 Å². The van der Waals surface area contributed by atoms with Crippen molar-refractivity contribution in [3.8, 4) is 0 Å². The van der Waals surface area contributed by atoms with E-state index in [0.717, 1.165) is 30.6 Å². The summed E-state index contributed by atoms with van der Waals surface area (Å²) >= 11 is 1.63. The fraction of sp³-hybridized carbons (Fsp3) is 0.733. The quantitative estimate of drug-likeness (QED) is 0.880. The predicted octanol–water partition coefficient (Wildman–Crippen LogP) is 3.50. The second kappa shape index (κ2) is 4.62. The van der Waals surface area contributed by atoms with Crippen LogP contribution < -0.4 is 5.73 Å². The third kappa shape index (κ3) is 2.24. The maximum atomic E-state index is 11.1. The molecule has 0 amide bonds. The molecule has 18 heavy (non-hydrogen) atoms. The van der Waals surface area contributed by atoms with Gasteiger partial charge in [-0.05, 0) is 49.5 Å². The van der Waals surface area contributed by atoms with E-state index in [9.17, 15) is 5.11 Å². The summed E-state index contributed by atoms with van der Waals surface area (Å²) in [5, 5.41) is 13.1. The zero-order chi connectivity index (χ0) is 13.4. The van der Waals surface area contributed by atoms with Gasteiger partial charge in [-0.1, -0.05) is 19.9 Å². The Morgan fingerprint density at radius 3 is 2.39 bits per heavy atom. The first kappa shape index (κ1) is 14.0. The normalized spacial score (nSPS) is 25.6. The first-order chi connectivity index (χ1) is 8.33. The molecule has 1 aliphatic carbocycles. The summed E-state index contributed by atoms with van der Waals surface area (Å²) in [6.07, 6.45) is 4.32. The van der Waals surface area contributed by atoms with Crippen molar-refractivity contribution in [3.05, 3.63) is 22.4 Å². The van der Waals surface area contributed by atoms with Gasteiger partial charge >= 0.3 is 0 Å². The van der Waals surface area contributed by atoms with Crippen LogP contribution in [0.2, 0.25) is 0 Å². The number of thiophene rings is 1. The fourth-order valence-electron chi connectivity index (χ4n) is 3.11. The van der Waals surface area contributed by atoms with Crippen LogP contribution in [-0.2, 0) is 5.60 Å². The van der Waals surface area contributed by atoms with Crippen LogP contribution in [0.1, 0.15) is 51.3 Å². The summed E-state index contributed by atoms with van der Waals surface area (Å²) in [6.45, 7) is 7.14. The van der Waals surface area contributed by atoms with Gasteiger partial charge in [-0.25, -0.2) is 0 Å². The van der Waals surface area contributed by atoms with Crippen LogP contribution in [0.4, 0.5) is 0 Å². The van der Waals surface area contributed by atoms with Gasteiger partial charge in [0.2, 0.25) is 0 Å². The van der Waals surface area contributed by atoms with E-state index >= 15 is 0 Å². The molecule has 2 nitrogen and oxygen atoms in total. The van der Waals surface area contributed by atoms with E-state index < -0.39 is 5.60 Å². The summed E-state index contributed by atoms with van der Waals surface area (Å²) in [4.78, 5) is 1.05. The Morgan fingerprint density at radius 1 is 1.33 bits per heavy atom. The van der Waals surface area contributed by atoms with Crippen LogP contribution in [0.15, 0.2) is 17.5 Å². The summed E-state index contributed by atoms with van der Waals surface area (Å²) < 4.78 is 0. The molecule has 0 spiro atoms.